The molecule has 80 valence electrons. The molecule has 0 radical (unpaired) electrons. The number of halogens is 3. The van der Waals surface area contributed by atoms with Crippen molar-refractivity contribution in [3.63, 3.8) is 0 Å². The van der Waals surface area contributed by atoms with Gasteiger partial charge >= 0.3 is 12.2 Å². The topological polar surface area (TPSA) is 41.1 Å². The average molecular weight is 216 g/mol. The SMILES string of the molecule is O=C1Nc2ccccc2C(C(F)(F)F)N1. The highest BCUT2D eigenvalue weighted by molar-refractivity contribution is 5.93. The zero-order chi connectivity index (χ0) is 11.1. The van der Waals surface area contributed by atoms with Gasteiger partial charge < -0.3 is 10.6 Å². The fourth-order valence-corrected chi connectivity index (χ4v) is 1.49. The van der Waals surface area contributed by atoms with Crippen LogP contribution in [0.5, 0.6) is 0 Å². The number of alkyl halides is 3. The molecule has 2 N–H and O–H groups in total. The summed E-state index contributed by atoms with van der Waals surface area (Å²) >= 11 is 0. The lowest BCUT2D eigenvalue weighted by atomic mass is 10.0. The third kappa shape index (κ3) is 1.74. The lowest BCUT2D eigenvalue weighted by Crippen LogP contribution is -2.44. The molecular formula is C9H7F3N2O. The molecule has 3 nitrogen and oxygen atoms in total. The van der Waals surface area contributed by atoms with Gasteiger partial charge in [-0.3, -0.25) is 0 Å². The number of para-hydroxylation sites is 1. The van der Waals surface area contributed by atoms with Gasteiger partial charge in [-0.1, -0.05) is 18.2 Å². The minimum atomic E-state index is -4.48. The summed E-state index contributed by atoms with van der Waals surface area (Å²) < 4.78 is 37.7. The number of amides is 2. The lowest BCUT2D eigenvalue weighted by molar-refractivity contribution is -0.155. The normalized spacial score (nSPS) is 20.2. The Morgan fingerprint density at radius 3 is 2.53 bits per heavy atom. The molecule has 2 rings (SSSR count). The van der Waals surface area contributed by atoms with Crippen LogP contribution in [0.1, 0.15) is 11.6 Å². The van der Waals surface area contributed by atoms with Gasteiger partial charge in [-0.15, -0.1) is 0 Å². The van der Waals surface area contributed by atoms with Gasteiger partial charge in [-0.2, -0.15) is 13.2 Å². The number of hydrogen-bond donors (Lipinski definition) is 2. The number of carbonyl (C=O) groups is 1. The maximum atomic E-state index is 12.6. The molecule has 6 heteroatoms. The van der Waals surface area contributed by atoms with E-state index in [-0.39, 0.29) is 11.3 Å². The van der Waals surface area contributed by atoms with Crippen LogP contribution in [0.3, 0.4) is 0 Å². The number of nitrogens with one attached hydrogen (secondary N) is 2. The third-order valence-electron chi connectivity index (χ3n) is 2.12. The van der Waals surface area contributed by atoms with Gasteiger partial charge in [0.2, 0.25) is 0 Å². The number of carbonyl (C=O) groups excluding carboxylic acids is 1. The monoisotopic (exact) mass is 216 g/mol. The van der Waals surface area contributed by atoms with Gasteiger partial charge in [0.25, 0.3) is 0 Å². The highest BCUT2D eigenvalue weighted by atomic mass is 19.4. The molecule has 1 aliphatic heterocycles. The molecule has 1 unspecified atom stereocenters. The van der Waals surface area contributed by atoms with Gasteiger partial charge in [0.05, 0.1) is 0 Å². The van der Waals surface area contributed by atoms with Crippen LogP contribution in [-0.4, -0.2) is 12.2 Å². The molecule has 0 saturated carbocycles. The highest BCUT2D eigenvalue weighted by Crippen LogP contribution is 2.38. The summed E-state index contributed by atoms with van der Waals surface area (Å²) in [4.78, 5) is 11.0. The van der Waals surface area contributed by atoms with E-state index in [0.717, 1.165) is 0 Å². The Bertz CT molecular complexity index is 403. The van der Waals surface area contributed by atoms with Gasteiger partial charge in [-0.25, -0.2) is 4.79 Å². The van der Waals surface area contributed by atoms with Crippen molar-refractivity contribution in [1.29, 1.82) is 0 Å². The van der Waals surface area contributed by atoms with E-state index in [2.05, 4.69) is 5.32 Å². The molecule has 1 atom stereocenters. The fraction of sp³-hybridized carbons (Fsp3) is 0.222. The van der Waals surface area contributed by atoms with E-state index >= 15 is 0 Å². The van der Waals surface area contributed by atoms with E-state index in [1.165, 1.54) is 18.2 Å². The van der Waals surface area contributed by atoms with Gasteiger partial charge in [0.15, 0.2) is 6.04 Å². The predicted molar refractivity (Wildman–Crippen MR) is 47.4 cm³/mol. The third-order valence-corrected chi connectivity index (χ3v) is 2.12. The largest absolute Gasteiger partial charge is 0.413 e. The molecule has 0 bridgehead atoms. The van der Waals surface area contributed by atoms with E-state index in [4.69, 9.17) is 0 Å². The summed E-state index contributed by atoms with van der Waals surface area (Å²) in [7, 11) is 0. The minimum absolute atomic E-state index is 0.0320. The first-order valence-electron chi connectivity index (χ1n) is 4.21. The molecule has 0 spiro atoms. The van der Waals surface area contributed by atoms with Crippen LogP contribution in [0.15, 0.2) is 24.3 Å². The Kier molecular flexibility index (Phi) is 2.06. The predicted octanol–water partition coefficient (Wildman–Crippen LogP) is 2.43. The van der Waals surface area contributed by atoms with Crippen molar-refractivity contribution >= 4 is 11.7 Å². The number of fused-ring (bicyclic) bond motifs is 1. The summed E-state index contributed by atoms with van der Waals surface area (Å²) in [5, 5.41) is 4.15. The minimum Gasteiger partial charge on any atom is -0.322 e. The lowest BCUT2D eigenvalue weighted by Gasteiger charge is -2.28. The number of rotatable bonds is 0. The Balaban J connectivity index is 2.47. The van der Waals surface area contributed by atoms with Crippen LogP contribution in [0.4, 0.5) is 23.7 Å². The van der Waals surface area contributed by atoms with E-state index < -0.39 is 18.2 Å². The first-order valence-corrected chi connectivity index (χ1v) is 4.21. The summed E-state index contributed by atoms with van der Waals surface area (Å²) in [5.74, 6) is 0. The molecule has 1 aromatic carbocycles. The number of anilines is 1. The number of urea groups is 1. The molecule has 0 aliphatic carbocycles. The summed E-state index contributed by atoms with van der Waals surface area (Å²) in [6.07, 6.45) is -4.48. The van der Waals surface area contributed by atoms with Crippen molar-refractivity contribution in [2.75, 3.05) is 5.32 Å². The van der Waals surface area contributed by atoms with E-state index in [1.54, 1.807) is 6.07 Å². The first kappa shape index (κ1) is 9.82. The van der Waals surface area contributed by atoms with Crippen molar-refractivity contribution in [3.05, 3.63) is 29.8 Å². The second kappa shape index (κ2) is 3.15. The van der Waals surface area contributed by atoms with E-state index in [1.807, 2.05) is 5.32 Å². The van der Waals surface area contributed by atoms with Crippen LogP contribution >= 0.6 is 0 Å². The van der Waals surface area contributed by atoms with Crippen molar-refractivity contribution in [3.8, 4) is 0 Å². The molecule has 0 aromatic heterocycles. The molecule has 0 fully saturated rings. The molecule has 0 saturated heterocycles. The number of benzene rings is 1. The Labute approximate surface area is 83.3 Å². The Hall–Kier alpha value is -1.72. The first-order chi connectivity index (χ1) is 6.98. The van der Waals surface area contributed by atoms with E-state index in [9.17, 15) is 18.0 Å². The van der Waals surface area contributed by atoms with Gasteiger partial charge in [-0.05, 0) is 6.07 Å². The smallest absolute Gasteiger partial charge is 0.322 e. The Morgan fingerprint density at radius 1 is 1.20 bits per heavy atom. The maximum Gasteiger partial charge on any atom is 0.413 e. The molecule has 1 aromatic rings. The van der Waals surface area contributed by atoms with Crippen molar-refractivity contribution in [2.45, 2.75) is 12.2 Å². The highest BCUT2D eigenvalue weighted by Gasteiger charge is 2.44. The number of hydrogen-bond acceptors (Lipinski definition) is 1. The molecule has 1 aliphatic rings. The van der Waals surface area contributed by atoms with Crippen molar-refractivity contribution in [1.82, 2.24) is 5.32 Å². The van der Waals surface area contributed by atoms with Crippen LogP contribution < -0.4 is 10.6 Å². The summed E-state index contributed by atoms with van der Waals surface area (Å²) in [6.45, 7) is 0. The van der Waals surface area contributed by atoms with Gasteiger partial charge in [0.1, 0.15) is 0 Å². The second-order valence-electron chi connectivity index (χ2n) is 3.16. The molecule has 1 heterocycles. The zero-order valence-electron chi connectivity index (χ0n) is 7.43. The van der Waals surface area contributed by atoms with Crippen LogP contribution in [0.2, 0.25) is 0 Å². The molecule has 2 amide bonds. The maximum absolute atomic E-state index is 12.6. The van der Waals surface area contributed by atoms with Crippen LogP contribution in [0.25, 0.3) is 0 Å². The summed E-state index contributed by atoms with van der Waals surface area (Å²) in [6, 6.07) is 3.07. The van der Waals surface area contributed by atoms with Crippen LogP contribution in [-0.2, 0) is 0 Å². The zero-order valence-corrected chi connectivity index (χ0v) is 7.43. The second-order valence-corrected chi connectivity index (χ2v) is 3.16. The molecular weight excluding hydrogens is 209 g/mol. The van der Waals surface area contributed by atoms with Crippen molar-refractivity contribution in [2.24, 2.45) is 0 Å². The van der Waals surface area contributed by atoms with E-state index in [0.29, 0.717) is 0 Å². The summed E-state index contributed by atoms with van der Waals surface area (Å²) in [5.41, 5.74) is 0.230. The average Bonchev–Trinajstić information content (AvgIpc) is 2.15. The van der Waals surface area contributed by atoms with Crippen molar-refractivity contribution < 1.29 is 18.0 Å². The van der Waals surface area contributed by atoms with Crippen LogP contribution in [0, 0.1) is 0 Å². The molecule has 15 heavy (non-hydrogen) atoms. The quantitative estimate of drug-likeness (QED) is 0.687. The fourth-order valence-electron chi connectivity index (χ4n) is 1.49. The standard InChI is InChI=1S/C9H7F3N2O/c10-9(11,12)7-5-3-1-2-4-6(5)13-8(15)14-7/h1-4,7H,(H2,13,14,15). The Morgan fingerprint density at radius 2 is 1.87 bits per heavy atom. The van der Waals surface area contributed by atoms with Gasteiger partial charge in [0, 0.05) is 11.3 Å².